The van der Waals surface area contributed by atoms with Gasteiger partial charge in [0.2, 0.25) is 0 Å². The summed E-state index contributed by atoms with van der Waals surface area (Å²) >= 11 is 0. The number of ether oxygens (including phenoxy) is 1. The molecule has 0 radical (unpaired) electrons. The molecule has 0 aliphatic carbocycles. The van der Waals surface area contributed by atoms with Gasteiger partial charge in [-0.2, -0.15) is 0 Å². The minimum atomic E-state index is 0.571. The van der Waals surface area contributed by atoms with Crippen LogP contribution in [-0.2, 0) is 6.54 Å². The molecule has 0 saturated carbocycles. The molecule has 1 fully saturated rings. The van der Waals surface area contributed by atoms with Crippen LogP contribution in [0.25, 0.3) is 0 Å². The SMILES string of the molecule is CCC1CCCCN1CCOc1cccc(CN)c1. The van der Waals surface area contributed by atoms with Gasteiger partial charge < -0.3 is 10.5 Å². The van der Waals surface area contributed by atoms with Gasteiger partial charge in [0.15, 0.2) is 0 Å². The predicted molar refractivity (Wildman–Crippen MR) is 79.3 cm³/mol. The zero-order valence-corrected chi connectivity index (χ0v) is 12.0. The van der Waals surface area contributed by atoms with Crippen molar-refractivity contribution in [1.29, 1.82) is 0 Å². The molecule has 3 heteroatoms. The molecular weight excluding hydrogens is 236 g/mol. The molecule has 0 spiro atoms. The van der Waals surface area contributed by atoms with Crippen molar-refractivity contribution in [2.24, 2.45) is 5.73 Å². The fourth-order valence-electron chi connectivity index (χ4n) is 2.86. The summed E-state index contributed by atoms with van der Waals surface area (Å²) in [6.07, 6.45) is 5.31. The Morgan fingerprint density at radius 1 is 1.37 bits per heavy atom. The van der Waals surface area contributed by atoms with Crippen LogP contribution in [0.5, 0.6) is 5.75 Å². The van der Waals surface area contributed by atoms with E-state index < -0.39 is 0 Å². The molecule has 1 heterocycles. The first-order valence-electron chi connectivity index (χ1n) is 7.49. The van der Waals surface area contributed by atoms with E-state index in [0.717, 1.165) is 30.5 Å². The van der Waals surface area contributed by atoms with Crippen molar-refractivity contribution in [3.8, 4) is 5.75 Å². The van der Waals surface area contributed by atoms with Gasteiger partial charge in [0.05, 0.1) is 0 Å². The lowest BCUT2D eigenvalue weighted by Crippen LogP contribution is -2.41. The van der Waals surface area contributed by atoms with Crippen LogP contribution >= 0.6 is 0 Å². The molecule has 1 aromatic rings. The Kier molecular flexibility index (Phi) is 5.67. The Labute approximate surface area is 116 Å². The lowest BCUT2D eigenvalue weighted by Gasteiger charge is -2.35. The maximum atomic E-state index is 5.85. The molecule has 0 amide bonds. The third-order valence-electron chi connectivity index (χ3n) is 4.00. The second-order valence-electron chi connectivity index (χ2n) is 5.29. The number of hydrogen-bond acceptors (Lipinski definition) is 3. The van der Waals surface area contributed by atoms with Crippen LogP contribution in [0.3, 0.4) is 0 Å². The molecule has 1 unspecified atom stereocenters. The Morgan fingerprint density at radius 2 is 2.26 bits per heavy atom. The van der Waals surface area contributed by atoms with Crippen molar-refractivity contribution < 1.29 is 4.74 Å². The van der Waals surface area contributed by atoms with E-state index in [1.54, 1.807) is 0 Å². The molecule has 19 heavy (non-hydrogen) atoms. The third-order valence-corrected chi connectivity index (χ3v) is 4.00. The van der Waals surface area contributed by atoms with Crippen molar-refractivity contribution in [3.63, 3.8) is 0 Å². The Hall–Kier alpha value is -1.06. The lowest BCUT2D eigenvalue weighted by molar-refractivity contribution is 0.120. The summed E-state index contributed by atoms with van der Waals surface area (Å²) in [5, 5.41) is 0. The largest absolute Gasteiger partial charge is 0.492 e. The van der Waals surface area contributed by atoms with E-state index in [-0.39, 0.29) is 0 Å². The third kappa shape index (κ3) is 4.22. The van der Waals surface area contributed by atoms with Gasteiger partial charge in [0.25, 0.3) is 0 Å². The summed E-state index contributed by atoms with van der Waals surface area (Å²) in [4.78, 5) is 2.58. The first kappa shape index (κ1) is 14.4. The van der Waals surface area contributed by atoms with Gasteiger partial charge in [-0.1, -0.05) is 25.5 Å². The highest BCUT2D eigenvalue weighted by Crippen LogP contribution is 2.19. The summed E-state index contributed by atoms with van der Waals surface area (Å²) in [5.74, 6) is 0.938. The van der Waals surface area contributed by atoms with Crippen LogP contribution in [-0.4, -0.2) is 30.6 Å². The van der Waals surface area contributed by atoms with Gasteiger partial charge in [-0.15, -0.1) is 0 Å². The molecular formula is C16H26N2O. The predicted octanol–water partition coefficient (Wildman–Crippen LogP) is 2.79. The molecule has 1 saturated heterocycles. The molecule has 0 bridgehead atoms. The van der Waals surface area contributed by atoms with Gasteiger partial charge in [-0.3, -0.25) is 4.90 Å². The quantitative estimate of drug-likeness (QED) is 0.856. The van der Waals surface area contributed by atoms with E-state index >= 15 is 0 Å². The number of hydrogen-bond donors (Lipinski definition) is 1. The maximum absolute atomic E-state index is 5.85. The number of rotatable bonds is 6. The topological polar surface area (TPSA) is 38.5 Å². The van der Waals surface area contributed by atoms with E-state index in [4.69, 9.17) is 10.5 Å². The monoisotopic (exact) mass is 262 g/mol. The summed E-state index contributed by atoms with van der Waals surface area (Å²) < 4.78 is 5.85. The molecule has 2 N–H and O–H groups in total. The highest BCUT2D eigenvalue weighted by Gasteiger charge is 2.20. The molecule has 1 atom stereocenters. The Balaban J connectivity index is 1.78. The Bertz CT molecular complexity index is 381. The van der Waals surface area contributed by atoms with Gasteiger partial charge in [0.1, 0.15) is 12.4 Å². The van der Waals surface area contributed by atoms with Crippen LogP contribution in [0.1, 0.15) is 38.2 Å². The molecule has 3 nitrogen and oxygen atoms in total. The van der Waals surface area contributed by atoms with E-state index in [0.29, 0.717) is 6.54 Å². The number of benzene rings is 1. The van der Waals surface area contributed by atoms with Crippen LogP contribution in [0.15, 0.2) is 24.3 Å². The molecule has 106 valence electrons. The van der Waals surface area contributed by atoms with Gasteiger partial charge >= 0.3 is 0 Å². The number of piperidine rings is 1. The molecule has 1 aliphatic rings. The molecule has 0 aromatic heterocycles. The molecule has 2 rings (SSSR count). The van der Waals surface area contributed by atoms with Gasteiger partial charge in [-0.05, 0) is 43.5 Å². The first-order valence-corrected chi connectivity index (χ1v) is 7.49. The zero-order valence-electron chi connectivity index (χ0n) is 12.0. The van der Waals surface area contributed by atoms with E-state index in [9.17, 15) is 0 Å². The summed E-state index contributed by atoms with van der Waals surface area (Å²) in [6, 6.07) is 8.84. The van der Waals surface area contributed by atoms with Crippen molar-refractivity contribution in [2.45, 2.75) is 45.2 Å². The number of likely N-dealkylation sites (tertiary alicyclic amines) is 1. The zero-order chi connectivity index (χ0) is 13.5. The van der Waals surface area contributed by atoms with E-state index in [1.165, 1.54) is 32.2 Å². The smallest absolute Gasteiger partial charge is 0.119 e. The minimum Gasteiger partial charge on any atom is -0.492 e. The standard InChI is InChI=1S/C16H26N2O/c1-2-15-7-3-4-9-18(15)10-11-19-16-8-5-6-14(12-16)13-17/h5-6,8,12,15H,2-4,7,9-11,13,17H2,1H3. The van der Waals surface area contributed by atoms with Crippen molar-refractivity contribution >= 4 is 0 Å². The Morgan fingerprint density at radius 3 is 3.05 bits per heavy atom. The highest BCUT2D eigenvalue weighted by atomic mass is 16.5. The number of nitrogens with two attached hydrogens (primary N) is 1. The number of nitrogens with zero attached hydrogens (tertiary/aromatic N) is 1. The summed E-state index contributed by atoms with van der Waals surface area (Å²) in [7, 11) is 0. The lowest BCUT2D eigenvalue weighted by atomic mass is 10.0. The van der Waals surface area contributed by atoms with E-state index in [1.807, 2.05) is 24.3 Å². The maximum Gasteiger partial charge on any atom is 0.119 e. The average molecular weight is 262 g/mol. The second-order valence-corrected chi connectivity index (χ2v) is 5.29. The van der Waals surface area contributed by atoms with Crippen molar-refractivity contribution in [3.05, 3.63) is 29.8 Å². The van der Waals surface area contributed by atoms with Crippen LogP contribution in [0.2, 0.25) is 0 Å². The fourth-order valence-corrected chi connectivity index (χ4v) is 2.86. The summed E-state index contributed by atoms with van der Waals surface area (Å²) in [5.41, 5.74) is 6.76. The normalized spacial score (nSPS) is 20.4. The van der Waals surface area contributed by atoms with Crippen LogP contribution < -0.4 is 10.5 Å². The van der Waals surface area contributed by atoms with E-state index in [2.05, 4.69) is 11.8 Å². The van der Waals surface area contributed by atoms with Crippen LogP contribution in [0, 0.1) is 0 Å². The molecule has 1 aromatic carbocycles. The average Bonchev–Trinajstić information content (AvgIpc) is 2.48. The minimum absolute atomic E-state index is 0.571. The van der Waals surface area contributed by atoms with Crippen LogP contribution in [0.4, 0.5) is 0 Å². The highest BCUT2D eigenvalue weighted by molar-refractivity contribution is 5.28. The van der Waals surface area contributed by atoms with Gasteiger partial charge in [0, 0.05) is 19.1 Å². The molecule has 1 aliphatic heterocycles. The first-order chi connectivity index (χ1) is 9.33. The summed E-state index contributed by atoms with van der Waals surface area (Å²) in [6.45, 7) is 5.89. The van der Waals surface area contributed by atoms with Crippen molar-refractivity contribution in [1.82, 2.24) is 4.90 Å². The van der Waals surface area contributed by atoms with Crippen molar-refractivity contribution in [2.75, 3.05) is 19.7 Å². The van der Waals surface area contributed by atoms with Gasteiger partial charge in [-0.25, -0.2) is 0 Å². The fraction of sp³-hybridized carbons (Fsp3) is 0.625. The second kappa shape index (κ2) is 7.51.